The van der Waals surface area contributed by atoms with Gasteiger partial charge >= 0.3 is 0 Å². The fraction of sp³-hybridized carbons (Fsp3) is 0.167. The van der Waals surface area contributed by atoms with Gasteiger partial charge in [0.15, 0.2) is 5.16 Å². The Morgan fingerprint density at radius 1 is 1.04 bits per heavy atom. The van der Waals surface area contributed by atoms with Gasteiger partial charge in [-0.3, -0.25) is 0 Å². The summed E-state index contributed by atoms with van der Waals surface area (Å²) in [4.78, 5) is 4.37. The summed E-state index contributed by atoms with van der Waals surface area (Å²) in [5.41, 5.74) is 2.07. The molecule has 3 nitrogen and oxygen atoms in total. The summed E-state index contributed by atoms with van der Waals surface area (Å²) in [5.74, 6) is -0.0866. The Morgan fingerprint density at radius 3 is 2.50 bits per heavy atom. The minimum Gasteiger partial charge on any atom is -0.390 e. The van der Waals surface area contributed by atoms with Gasteiger partial charge in [0, 0.05) is 18.5 Å². The third kappa shape index (κ3) is 4.01. The number of hydrogen-bond donors (Lipinski definition) is 1. The molecule has 0 fully saturated rings. The zero-order chi connectivity index (χ0) is 16.9. The molecule has 0 aliphatic carbocycles. The van der Waals surface area contributed by atoms with E-state index in [1.165, 1.54) is 30.0 Å². The number of aliphatic hydroxyl groups is 1. The van der Waals surface area contributed by atoms with Crippen molar-refractivity contribution in [2.45, 2.75) is 24.1 Å². The number of thioether (sulfide) groups is 1. The summed E-state index contributed by atoms with van der Waals surface area (Å²) >= 11 is 1.40. The number of nitrogens with zero attached hydrogens (tertiary/aromatic N) is 2. The van der Waals surface area contributed by atoms with E-state index in [0.717, 1.165) is 5.56 Å². The van der Waals surface area contributed by atoms with Gasteiger partial charge in [-0.1, -0.05) is 42.1 Å². The molecule has 0 bridgehead atoms. The lowest BCUT2D eigenvalue weighted by molar-refractivity contribution is 0.277. The summed E-state index contributed by atoms with van der Waals surface area (Å²) < 4.78 is 28.6. The minimum absolute atomic E-state index is 0.163. The van der Waals surface area contributed by atoms with Crippen molar-refractivity contribution in [2.24, 2.45) is 0 Å². The van der Waals surface area contributed by atoms with Gasteiger partial charge in [0.1, 0.15) is 11.6 Å². The van der Waals surface area contributed by atoms with Crippen molar-refractivity contribution in [1.29, 1.82) is 0 Å². The Hall–Kier alpha value is -2.18. The molecule has 0 aliphatic heterocycles. The standard InChI is InChI=1S/C18H16F2N2OS/c19-15-7-5-13(6-8-15)9-22-10-16(11-23)21-18(22)24-12-14-3-1-2-4-17(14)20/h1-8,10,23H,9,11-12H2. The van der Waals surface area contributed by atoms with Crippen LogP contribution in [0.4, 0.5) is 8.78 Å². The second-order valence-corrected chi connectivity index (χ2v) is 6.25. The van der Waals surface area contributed by atoms with Crippen LogP contribution in [0.15, 0.2) is 59.9 Å². The maximum atomic E-state index is 13.7. The molecule has 3 rings (SSSR count). The van der Waals surface area contributed by atoms with Crippen molar-refractivity contribution >= 4 is 11.8 Å². The molecule has 0 aliphatic rings. The van der Waals surface area contributed by atoms with Gasteiger partial charge in [0.2, 0.25) is 0 Å². The van der Waals surface area contributed by atoms with Crippen LogP contribution in [0.1, 0.15) is 16.8 Å². The molecule has 3 aromatic rings. The fourth-order valence-corrected chi connectivity index (χ4v) is 3.28. The van der Waals surface area contributed by atoms with Crippen LogP contribution < -0.4 is 0 Å². The van der Waals surface area contributed by atoms with E-state index in [1.807, 2.05) is 4.57 Å². The second kappa shape index (κ2) is 7.59. The Balaban J connectivity index is 1.78. The first-order chi connectivity index (χ1) is 11.7. The molecule has 6 heteroatoms. The zero-order valence-corrected chi connectivity index (χ0v) is 13.6. The highest BCUT2D eigenvalue weighted by atomic mass is 32.2. The number of hydrogen-bond acceptors (Lipinski definition) is 3. The Bertz CT molecular complexity index is 818. The number of rotatable bonds is 6. The smallest absolute Gasteiger partial charge is 0.168 e. The van der Waals surface area contributed by atoms with E-state index in [0.29, 0.717) is 28.7 Å². The third-order valence-electron chi connectivity index (χ3n) is 3.53. The van der Waals surface area contributed by atoms with Crippen LogP contribution in [0.5, 0.6) is 0 Å². The predicted molar refractivity (Wildman–Crippen MR) is 89.6 cm³/mol. The highest BCUT2D eigenvalue weighted by Crippen LogP contribution is 2.24. The summed E-state index contributed by atoms with van der Waals surface area (Å²) in [6.45, 7) is 0.344. The van der Waals surface area contributed by atoms with Crippen LogP contribution in [0.25, 0.3) is 0 Å². The lowest BCUT2D eigenvalue weighted by Gasteiger charge is -2.08. The molecule has 24 heavy (non-hydrogen) atoms. The predicted octanol–water partition coefficient (Wildman–Crippen LogP) is 3.99. The lowest BCUT2D eigenvalue weighted by Crippen LogP contribution is -2.00. The first kappa shape index (κ1) is 16.7. The monoisotopic (exact) mass is 346 g/mol. The molecule has 1 aromatic heterocycles. The van der Waals surface area contributed by atoms with Crippen molar-refractivity contribution < 1.29 is 13.9 Å². The topological polar surface area (TPSA) is 38.0 Å². The van der Waals surface area contributed by atoms with Gasteiger partial charge in [-0.25, -0.2) is 13.8 Å². The van der Waals surface area contributed by atoms with E-state index < -0.39 is 0 Å². The summed E-state index contributed by atoms with van der Waals surface area (Å²) in [5, 5.41) is 10.00. The van der Waals surface area contributed by atoms with Crippen LogP contribution in [0.3, 0.4) is 0 Å². The third-order valence-corrected chi connectivity index (χ3v) is 4.57. The molecule has 1 N–H and O–H groups in total. The molecule has 0 saturated carbocycles. The van der Waals surface area contributed by atoms with Gasteiger partial charge in [-0.2, -0.15) is 0 Å². The molecule has 2 aromatic carbocycles. The number of aromatic nitrogens is 2. The van der Waals surface area contributed by atoms with Crippen molar-refractivity contribution in [3.05, 3.63) is 83.2 Å². The fourth-order valence-electron chi connectivity index (χ4n) is 2.30. The maximum Gasteiger partial charge on any atom is 0.168 e. The van der Waals surface area contributed by atoms with E-state index in [4.69, 9.17) is 0 Å². The van der Waals surface area contributed by atoms with Crippen molar-refractivity contribution in [1.82, 2.24) is 9.55 Å². The van der Waals surface area contributed by atoms with Gasteiger partial charge < -0.3 is 9.67 Å². The molecule has 124 valence electrons. The van der Waals surface area contributed by atoms with E-state index in [2.05, 4.69) is 4.98 Å². The van der Waals surface area contributed by atoms with Crippen LogP contribution in [0, 0.1) is 11.6 Å². The largest absolute Gasteiger partial charge is 0.390 e. The van der Waals surface area contributed by atoms with Gasteiger partial charge in [0.05, 0.1) is 12.3 Å². The molecule has 0 unspecified atom stereocenters. The Morgan fingerprint density at radius 2 is 1.79 bits per heavy atom. The van der Waals surface area contributed by atoms with E-state index in [-0.39, 0.29) is 18.2 Å². The Labute approximate surface area is 143 Å². The van der Waals surface area contributed by atoms with Crippen LogP contribution in [0.2, 0.25) is 0 Å². The average Bonchev–Trinajstić information content (AvgIpc) is 2.98. The van der Waals surface area contributed by atoms with Crippen molar-refractivity contribution in [2.75, 3.05) is 0 Å². The second-order valence-electron chi connectivity index (χ2n) is 5.31. The first-order valence-corrected chi connectivity index (χ1v) is 8.42. The molecule has 0 radical (unpaired) electrons. The van der Waals surface area contributed by atoms with Gasteiger partial charge in [-0.15, -0.1) is 0 Å². The first-order valence-electron chi connectivity index (χ1n) is 7.43. The zero-order valence-electron chi connectivity index (χ0n) is 12.8. The van der Waals surface area contributed by atoms with E-state index >= 15 is 0 Å². The van der Waals surface area contributed by atoms with Crippen LogP contribution in [-0.2, 0) is 18.9 Å². The van der Waals surface area contributed by atoms with Crippen LogP contribution >= 0.6 is 11.8 Å². The molecule has 0 saturated heterocycles. The summed E-state index contributed by atoms with van der Waals surface area (Å²) in [6.07, 6.45) is 1.76. The van der Waals surface area contributed by atoms with Crippen LogP contribution in [-0.4, -0.2) is 14.7 Å². The van der Waals surface area contributed by atoms with Crippen molar-refractivity contribution in [3.63, 3.8) is 0 Å². The van der Waals surface area contributed by atoms with E-state index in [1.54, 1.807) is 36.5 Å². The highest BCUT2D eigenvalue weighted by Gasteiger charge is 2.10. The number of benzene rings is 2. The molecular weight excluding hydrogens is 330 g/mol. The number of imidazole rings is 1. The molecule has 0 atom stereocenters. The number of halogens is 2. The molecule has 0 spiro atoms. The lowest BCUT2D eigenvalue weighted by atomic mass is 10.2. The average molecular weight is 346 g/mol. The number of aliphatic hydroxyl groups excluding tert-OH is 1. The highest BCUT2D eigenvalue weighted by molar-refractivity contribution is 7.98. The normalized spacial score (nSPS) is 11.0. The van der Waals surface area contributed by atoms with E-state index in [9.17, 15) is 13.9 Å². The van der Waals surface area contributed by atoms with Gasteiger partial charge in [0.25, 0.3) is 0 Å². The summed E-state index contributed by atoms with van der Waals surface area (Å²) in [6, 6.07) is 12.9. The van der Waals surface area contributed by atoms with Gasteiger partial charge in [-0.05, 0) is 29.3 Å². The summed E-state index contributed by atoms with van der Waals surface area (Å²) in [7, 11) is 0. The molecule has 0 amide bonds. The van der Waals surface area contributed by atoms with Crippen molar-refractivity contribution in [3.8, 4) is 0 Å². The maximum absolute atomic E-state index is 13.7. The SMILES string of the molecule is OCc1cn(Cc2ccc(F)cc2)c(SCc2ccccc2F)n1. The Kier molecular flexibility index (Phi) is 5.27. The molecule has 1 heterocycles. The molecular formula is C18H16F2N2OS. The minimum atomic E-state index is -0.283. The quantitative estimate of drug-likeness (QED) is 0.686.